The molecule has 0 unspecified atom stereocenters. The zero-order chi connectivity index (χ0) is 16.4. The molecule has 21 heavy (non-hydrogen) atoms. The van der Waals surface area contributed by atoms with E-state index in [9.17, 15) is 18.3 Å². The Morgan fingerprint density at radius 1 is 1.29 bits per heavy atom. The van der Waals surface area contributed by atoms with Crippen molar-refractivity contribution >= 4 is 21.6 Å². The highest BCUT2D eigenvalue weighted by atomic mass is 32.2. The van der Waals surface area contributed by atoms with Crippen LogP contribution in [-0.4, -0.2) is 32.2 Å². The number of aromatic hydroxyl groups is 1. The third kappa shape index (κ3) is 5.35. The van der Waals surface area contributed by atoms with E-state index in [1.165, 1.54) is 0 Å². The number of carbonyl (C=O) groups is 1. The van der Waals surface area contributed by atoms with Crippen molar-refractivity contribution in [1.29, 1.82) is 0 Å². The third-order valence-corrected chi connectivity index (χ3v) is 3.50. The molecule has 0 saturated heterocycles. The van der Waals surface area contributed by atoms with Crippen LogP contribution in [0.5, 0.6) is 5.75 Å². The minimum Gasteiger partial charge on any atom is -0.505 e. The molecule has 7 heteroatoms. The predicted octanol–water partition coefficient (Wildman–Crippen LogP) is 1.49. The topological polar surface area (TPSA) is 95.5 Å². The molecule has 0 aliphatic rings. The number of phenols is 1. The normalized spacial score (nSPS) is 12.2. The molecule has 0 radical (unpaired) electrons. The molecule has 118 valence electrons. The van der Waals surface area contributed by atoms with Crippen molar-refractivity contribution in [2.75, 3.05) is 18.1 Å². The lowest BCUT2D eigenvalue weighted by Gasteiger charge is -2.23. The van der Waals surface area contributed by atoms with Gasteiger partial charge >= 0.3 is 0 Å². The number of nitrogens with one attached hydrogen (secondary N) is 2. The highest BCUT2D eigenvalue weighted by molar-refractivity contribution is 7.88. The first kappa shape index (κ1) is 17.5. The number of phenolic OH excluding ortho intramolecular Hbond substituents is 1. The minimum absolute atomic E-state index is 0.000746. The van der Waals surface area contributed by atoms with Gasteiger partial charge in [-0.3, -0.25) is 4.79 Å². The van der Waals surface area contributed by atoms with Crippen molar-refractivity contribution in [2.24, 2.45) is 0 Å². The molecule has 1 aromatic rings. The molecule has 0 spiro atoms. The van der Waals surface area contributed by atoms with E-state index in [1.807, 2.05) is 33.8 Å². The summed E-state index contributed by atoms with van der Waals surface area (Å²) in [5, 5.41) is 12.8. The van der Waals surface area contributed by atoms with E-state index in [2.05, 4.69) is 10.0 Å². The van der Waals surface area contributed by atoms with Crippen molar-refractivity contribution in [3.05, 3.63) is 23.3 Å². The van der Waals surface area contributed by atoms with Gasteiger partial charge in [0.05, 0.1) is 18.5 Å². The summed E-state index contributed by atoms with van der Waals surface area (Å²) in [6.45, 7) is 7.35. The average Bonchev–Trinajstić information content (AvgIpc) is 2.28. The van der Waals surface area contributed by atoms with Gasteiger partial charge in [-0.1, -0.05) is 26.8 Å². The van der Waals surface area contributed by atoms with Crippen LogP contribution in [0.25, 0.3) is 0 Å². The molecule has 0 atom stereocenters. The quantitative estimate of drug-likeness (QED) is 0.734. The molecule has 1 amide bonds. The number of aryl methyl sites for hydroxylation is 1. The summed E-state index contributed by atoms with van der Waals surface area (Å²) in [6.07, 6.45) is 0.974. The second kappa shape index (κ2) is 6.03. The van der Waals surface area contributed by atoms with Crippen molar-refractivity contribution in [1.82, 2.24) is 4.72 Å². The fourth-order valence-corrected chi connectivity index (χ4v) is 2.23. The highest BCUT2D eigenvalue weighted by Gasteiger charge is 2.21. The fourth-order valence-electron chi connectivity index (χ4n) is 1.84. The summed E-state index contributed by atoms with van der Waals surface area (Å²) >= 11 is 0. The first-order valence-electron chi connectivity index (χ1n) is 6.49. The van der Waals surface area contributed by atoms with Gasteiger partial charge in [-0.15, -0.1) is 0 Å². The van der Waals surface area contributed by atoms with Gasteiger partial charge in [0.25, 0.3) is 0 Å². The molecular weight excluding hydrogens is 292 g/mol. The first-order chi connectivity index (χ1) is 9.40. The summed E-state index contributed by atoms with van der Waals surface area (Å²) in [7, 11) is -3.43. The van der Waals surface area contributed by atoms with E-state index in [4.69, 9.17) is 0 Å². The van der Waals surface area contributed by atoms with Gasteiger partial charge in [-0.25, -0.2) is 13.1 Å². The number of hydrogen-bond acceptors (Lipinski definition) is 4. The van der Waals surface area contributed by atoms with E-state index >= 15 is 0 Å². The van der Waals surface area contributed by atoms with E-state index in [-0.39, 0.29) is 23.4 Å². The fraction of sp³-hybridized carbons (Fsp3) is 0.500. The summed E-state index contributed by atoms with van der Waals surface area (Å²) < 4.78 is 24.0. The standard InChI is InChI=1S/C14H22N2O4S/c1-9-6-10(14(2,3)4)13(18)11(7-9)16-12(17)8-15-21(5,19)20/h6-7,15,18H,8H2,1-5H3,(H,16,17). The van der Waals surface area contributed by atoms with Gasteiger partial charge in [0.1, 0.15) is 5.75 Å². The van der Waals surface area contributed by atoms with Gasteiger partial charge in [0.2, 0.25) is 15.9 Å². The molecule has 0 aromatic heterocycles. The Kier molecular flexibility index (Phi) is 5.01. The molecule has 0 fully saturated rings. The summed E-state index contributed by atoms with van der Waals surface area (Å²) in [6, 6.07) is 3.50. The van der Waals surface area contributed by atoms with Crippen molar-refractivity contribution in [3.63, 3.8) is 0 Å². The van der Waals surface area contributed by atoms with E-state index in [0.29, 0.717) is 5.56 Å². The van der Waals surface area contributed by atoms with Crippen LogP contribution in [0.1, 0.15) is 31.9 Å². The maximum atomic E-state index is 11.7. The van der Waals surface area contributed by atoms with Gasteiger partial charge in [-0.05, 0) is 24.0 Å². The van der Waals surface area contributed by atoms with Gasteiger partial charge in [-0.2, -0.15) is 0 Å². The van der Waals surface area contributed by atoms with E-state index in [1.54, 1.807) is 6.07 Å². The Bertz CT molecular complexity index is 646. The number of hydrogen-bond donors (Lipinski definition) is 3. The highest BCUT2D eigenvalue weighted by Crippen LogP contribution is 2.37. The summed E-state index contributed by atoms with van der Waals surface area (Å²) in [4.78, 5) is 11.7. The Balaban J connectivity index is 2.99. The molecular formula is C14H22N2O4S. The molecule has 0 aliphatic carbocycles. The van der Waals surface area contributed by atoms with Crippen LogP contribution < -0.4 is 10.0 Å². The van der Waals surface area contributed by atoms with Crippen LogP contribution in [-0.2, 0) is 20.2 Å². The predicted molar refractivity (Wildman–Crippen MR) is 83.0 cm³/mol. The Labute approximate surface area is 125 Å². The largest absolute Gasteiger partial charge is 0.505 e. The molecule has 6 nitrogen and oxygen atoms in total. The van der Waals surface area contributed by atoms with Crippen LogP contribution in [0, 0.1) is 6.92 Å². The van der Waals surface area contributed by atoms with Crippen LogP contribution in [0.3, 0.4) is 0 Å². The number of rotatable bonds is 4. The van der Waals surface area contributed by atoms with Crippen LogP contribution >= 0.6 is 0 Å². The molecule has 1 aromatic carbocycles. The molecule has 0 saturated carbocycles. The second-order valence-electron chi connectivity index (χ2n) is 6.10. The van der Waals surface area contributed by atoms with Gasteiger partial charge in [0.15, 0.2) is 0 Å². The number of benzene rings is 1. The van der Waals surface area contributed by atoms with Crippen LogP contribution in [0.4, 0.5) is 5.69 Å². The minimum atomic E-state index is -3.43. The third-order valence-electron chi connectivity index (χ3n) is 2.83. The Morgan fingerprint density at radius 2 is 1.86 bits per heavy atom. The number of sulfonamides is 1. The number of amides is 1. The average molecular weight is 314 g/mol. The maximum absolute atomic E-state index is 11.7. The molecule has 0 bridgehead atoms. The smallest absolute Gasteiger partial charge is 0.239 e. The SMILES string of the molecule is Cc1cc(NC(=O)CNS(C)(=O)=O)c(O)c(C(C)(C)C)c1. The summed E-state index contributed by atoms with van der Waals surface area (Å²) in [5.41, 5.74) is 1.61. The molecule has 0 aliphatic heterocycles. The van der Waals surface area contributed by atoms with Crippen LogP contribution in [0.2, 0.25) is 0 Å². The monoisotopic (exact) mass is 314 g/mol. The van der Waals surface area contributed by atoms with Crippen LogP contribution in [0.15, 0.2) is 12.1 Å². The van der Waals surface area contributed by atoms with Gasteiger partial charge in [0, 0.05) is 5.56 Å². The second-order valence-corrected chi connectivity index (χ2v) is 7.93. The zero-order valence-electron chi connectivity index (χ0n) is 12.9. The van der Waals surface area contributed by atoms with E-state index < -0.39 is 15.9 Å². The molecule has 1 rings (SSSR count). The zero-order valence-corrected chi connectivity index (χ0v) is 13.8. The van der Waals surface area contributed by atoms with Crippen molar-refractivity contribution < 1.29 is 18.3 Å². The van der Waals surface area contributed by atoms with Crippen molar-refractivity contribution in [2.45, 2.75) is 33.1 Å². The lowest BCUT2D eigenvalue weighted by atomic mass is 9.85. The lowest BCUT2D eigenvalue weighted by Crippen LogP contribution is -2.32. The molecule has 0 heterocycles. The van der Waals surface area contributed by atoms with E-state index in [0.717, 1.165) is 11.8 Å². The maximum Gasteiger partial charge on any atom is 0.239 e. The number of carbonyl (C=O) groups excluding carboxylic acids is 1. The Morgan fingerprint density at radius 3 is 2.33 bits per heavy atom. The van der Waals surface area contributed by atoms with Crippen molar-refractivity contribution in [3.8, 4) is 5.75 Å². The first-order valence-corrected chi connectivity index (χ1v) is 8.38. The molecule has 3 N–H and O–H groups in total. The Hall–Kier alpha value is -1.60. The number of anilines is 1. The summed E-state index contributed by atoms with van der Waals surface area (Å²) in [5.74, 6) is -0.540. The van der Waals surface area contributed by atoms with Gasteiger partial charge < -0.3 is 10.4 Å². The lowest BCUT2D eigenvalue weighted by molar-refractivity contribution is -0.115.